The number of nitrogens with zero attached hydrogens (tertiary/aromatic N) is 1. The number of anilines is 1. The monoisotopic (exact) mass is 463 g/mol. The Morgan fingerprint density at radius 1 is 0.882 bits per heavy atom. The first-order chi connectivity index (χ1) is 16.5. The molecule has 0 fully saturated rings. The number of nitrogens with one attached hydrogen (secondary N) is 2. The number of para-hydroxylation sites is 1. The Bertz CT molecular complexity index is 1120. The maximum atomic E-state index is 12.4. The zero-order valence-corrected chi connectivity index (χ0v) is 19.0. The fraction of sp³-hybridized carbons (Fsp3) is 0.160. The number of hydrogen-bond acceptors (Lipinski definition) is 7. The van der Waals surface area contributed by atoms with Crippen LogP contribution in [0.1, 0.15) is 15.9 Å². The third kappa shape index (κ3) is 6.49. The van der Waals surface area contributed by atoms with E-state index in [4.69, 9.17) is 18.9 Å². The molecule has 2 amide bonds. The first-order valence-corrected chi connectivity index (χ1v) is 10.2. The van der Waals surface area contributed by atoms with Crippen molar-refractivity contribution in [2.24, 2.45) is 5.10 Å². The van der Waals surface area contributed by atoms with E-state index in [-0.39, 0.29) is 12.5 Å². The highest BCUT2D eigenvalue weighted by Gasteiger charge is 2.12. The van der Waals surface area contributed by atoms with Crippen LogP contribution in [0.5, 0.6) is 23.0 Å². The van der Waals surface area contributed by atoms with Gasteiger partial charge in [-0.1, -0.05) is 18.2 Å². The molecule has 9 nitrogen and oxygen atoms in total. The SMILES string of the molecule is COc1cc(/C=N\NC(=O)c2ccc(OCC(=O)Nc3ccccc3)cc2)cc(OC)c1OC. The van der Waals surface area contributed by atoms with Gasteiger partial charge >= 0.3 is 0 Å². The largest absolute Gasteiger partial charge is 0.493 e. The van der Waals surface area contributed by atoms with E-state index in [9.17, 15) is 9.59 Å². The van der Waals surface area contributed by atoms with Gasteiger partial charge < -0.3 is 24.3 Å². The highest BCUT2D eigenvalue weighted by Crippen LogP contribution is 2.37. The smallest absolute Gasteiger partial charge is 0.271 e. The summed E-state index contributed by atoms with van der Waals surface area (Å²) in [6.45, 7) is -0.153. The van der Waals surface area contributed by atoms with E-state index >= 15 is 0 Å². The highest BCUT2D eigenvalue weighted by molar-refractivity contribution is 5.95. The van der Waals surface area contributed by atoms with Crippen LogP contribution in [0.4, 0.5) is 5.69 Å². The molecule has 0 saturated carbocycles. The predicted molar refractivity (Wildman–Crippen MR) is 128 cm³/mol. The van der Waals surface area contributed by atoms with E-state index in [1.807, 2.05) is 18.2 Å². The second-order valence-electron chi connectivity index (χ2n) is 6.89. The summed E-state index contributed by atoms with van der Waals surface area (Å²) in [5.41, 5.74) is 4.17. The van der Waals surface area contributed by atoms with Gasteiger partial charge in [0.1, 0.15) is 5.75 Å². The summed E-state index contributed by atoms with van der Waals surface area (Å²) in [4.78, 5) is 24.3. The zero-order valence-electron chi connectivity index (χ0n) is 19.0. The molecule has 3 aromatic carbocycles. The number of ether oxygens (including phenoxy) is 4. The van der Waals surface area contributed by atoms with E-state index in [0.29, 0.717) is 39.8 Å². The number of hydrogen-bond donors (Lipinski definition) is 2. The quantitative estimate of drug-likeness (QED) is 0.352. The Morgan fingerprint density at radius 3 is 2.12 bits per heavy atom. The van der Waals surface area contributed by atoms with Crippen LogP contribution in [0.25, 0.3) is 0 Å². The molecule has 0 aromatic heterocycles. The van der Waals surface area contributed by atoms with E-state index in [1.54, 1.807) is 48.5 Å². The van der Waals surface area contributed by atoms with Crippen LogP contribution in [-0.2, 0) is 4.79 Å². The van der Waals surface area contributed by atoms with Crippen LogP contribution in [0.3, 0.4) is 0 Å². The molecule has 0 unspecified atom stereocenters. The third-order valence-corrected chi connectivity index (χ3v) is 4.61. The molecule has 34 heavy (non-hydrogen) atoms. The molecule has 0 saturated heterocycles. The third-order valence-electron chi connectivity index (χ3n) is 4.61. The predicted octanol–water partition coefficient (Wildman–Crippen LogP) is 3.49. The molecule has 0 aliphatic rings. The van der Waals surface area contributed by atoms with Crippen LogP contribution in [0, 0.1) is 0 Å². The Labute approximate surface area is 197 Å². The van der Waals surface area contributed by atoms with Gasteiger partial charge in [0.2, 0.25) is 5.75 Å². The van der Waals surface area contributed by atoms with Crippen LogP contribution < -0.4 is 29.7 Å². The molecule has 0 spiro atoms. The van der Waals surface area contributed by atoms with Crippen molar-refractivity contribution >= 4 is 23.7 Å². The van der Waals surface area contributed by atoms with Crippen LogP contribution in [0.15, 0.2) is 71.8 Å². The second-order valence-corrected chi connectivity index (χ2v) is 6.89. The van der Waals surface area contributed by atoms with Crippen LogP contribution in [0.2, 0.25) is 0 Å². The Balaban J connectivity index is 1.53. The van der Waals surface area contributed by atoms with Crippen molar-refractivity contribution < 1.29 is 28.5 Å². The molecule has 0 aliphatic heterocycles. The second kappa shape index (κ2) is 11.9. The number of benzene rings is 3. The number of carbonyl (C=O) groups excluding carboxylic acids is 2. The van der Waals surface area contributed by atoms with Crippen molar-refractivity contribution in [1.82, 2.24) is 5.43 Å². The number of hydrazone groups is 1. The maximum Gasteiger partial charge on any atom is 0.271 e. The lowest BCUT2D eigenvalue weighted by Gasteiger charge is -2.12. The maximum absolute atomic E-state index is 12.4. The Hall–Kier alpha value is -4.53. The molecule has 176 valence electrons. The first-order valence-electron chi connectivity index (χ1n) is 10.2. The number of methoxy groups -OCH3 is 3. The van der Waals surface area contributed by atoms with E-state index < -0.39 is 5.91 Å². The zero-order chi connectivity index (χ0) is 24.3. The Kier molecular flexibility index (Phi) is 8.45. The van der Waals surface area contributed by atoms with Crippen molar-refractivity contribution in [3.8, 4) is 23.0 Å². The first kappa shape index (κ1) is 24.1. The minimum absolute atomic E-state index is 0.153. The van der Waals surface area contributed by atoms with Gasteiger partial charge in [0.15, 0.2) is 18.1 Å². The van der Waals surface area contributed by atoms with Gasteiger partial charge in [0.05, 0.1) is 27.5 Å². The normalized spacial score (nSPS) is 10.4. The van der Waals surface area contributed by atoms with Crippen LogP contribution >= 0.6 is 0 Å². The summed E-state index contributed by atoms with van der Waals surface area (Å²) in [6, 6.07) is 18.9. The number of rotatable bonds is 10. The lowest BCUT2D eigenvalue weighted by Crippen LogP contribution is -2.20. The van der Waals surface area contributed by atoms with Crippen molar-refractivity contribution in [1.29, 1.82) is 0 Å². The molecule has 2 N–H and O–H groups in total. The molecular formula is C25H25N3O6. The van der Waals surface area contributed by atoms with E-state index in [1.165, 1.54) is 27.5 Å². The van der Waals surface area contributed by atoms with E-state index in [2.05, 4.69) is 15.8 Å². The summed E-state index contributed by atoms with van der Waals surface area (Å²) < 4.78 is 21.4. The standard InChI is InChI=1S/C25H25N3O6/c1-31-21-13-17(14-22(32-2)24(21)33-3)15-26-28-25(30)18-9-11-20(12-10-18)34-16-23(29)27-19-7-5-4-6-8-19/h4-15H,16H2,1-3H3,(H,27,29)(H,28,30)/b26-15-. The average molecular weight is 463 g/mol. The minimum atomic E-state index is -0.405. The van der Waals surface area contributed by atoms with Gasteiger partial charge in [-0.25, -0.2) is 5.43 Å². The van der Waals surface area contributed by atoms with Crippen molar-refractivity contribution in [2.75, 3.05) is 33.3 Å². The summed E-state index contributed by atoms with van der Waals surface area (Å²) in [5, 5.41) is 6.72. The highest BCUT2D eigenvalue weighted by atomic mass is 16.5. The van der Waals surface area contributed by atoms with Crippen molar-refractivity contribution in [2.45, 2.75) is 0 Å². The molecule has 0 aliphatic carbocycles. The Morgan fingerprint density at radius 2 is 1.53 bits per heavy atom. The average Bonchev–Trinajstić information content (AvgIpc) is 2.87. The van der Waals surface area contributed by atoms with Gasteiger partial charge in [-0.2, -0.15) is 5.10 Å². The molecule has 0 atom stereocenters. The van der Waals surface area contributed by atoms with Gasteiger partial charge in [-0.05, 0) is 48.5 Å². The molecule has 0 heterocycles. The van der Waals surface area contributed by atoms with Gasteiger partial charge in [0.25, 0.3) is 11.8 Å². The summed E-state index contributed by atoms with van der Waals surface area (Å²) in [7, 11) is 4.55. The number of amides is 2. The molecule has 0 radical (unpaired) electrons. The minimum Gasteiger partial charge on any atom is -0.493 e. The molecular weight excluding hydrogens is 438 g/mol. The fourth-order valence-electron chi connectivity index (χ4n) is 2.98. The molecule has 3 rings (SSSR count). The molecule has 3 aromatic rings. The van der Waals surface area contributed by atoms with E-state index in [0.717, 1.165) is 0 Å². The molecule has 9 heteroatoms. The summed E-state index contributed by atoms with van der Waals surface area (Å²) in [6.07, 6.45) is 1.46. The van der Waals surface area contributed by atoms with Crippen molar-refractivity contribution in [3.05, 3.63) is 77.9 Å². The lowest BCUT2D eigenvalue weighted by molar-refractivity contribution is -0.118. The lowest BCUT2D eigenvalue weighted by atomic mass is 10.2. The van der Waals surface area contributed by atoms with Crippen molar-refractivity contribution in [3.63, 3.8) is 0 Å². The fourth-order valence-corrected chi connectivity index (χ4v) is 2.98. The van der Waals surface area contributed by atoms with Gasteiger partial charge in [0, 0.05) is 16.8 Å². The number of carbonyl (C=O) groups is 2. The summed E-state index contributed by atoms with van der Waals surface area (Å²) in [5.74, 6) is 1.18. The van der Waals surface area contributed by atoms with Gasteiger partial charge in [-0.3, -0.25) is 9.59 Å². The van der Waals surface area contributed by atoms with Crippen LogP contribution in [-0.4, -0.2) is 46.0 Å². The topological polar surface area (TPSA) is 107 Å². The molecule has 0 bridgehead atoms. The van der Waals surface area contributed by atoms with Gasteiger partial charge in [-0.15, -0.1) is 0 Å². The summed E-state index contributed by atoms with van der Waals surface area (Å²) >= 11 is 0.